The van der Waals surface area contributed by atoms with Crippen molar-refractivity contribution in [3.8, 4) is 0 Å². The van der Waals surface area contributed by atoms with E-state index in [4.69, 9.17) is 0 Å². The second-order valence-electron chi connectivity index (χ2n) is 5.61. The summed E-state index contributed by atoms with van der Waals surface area (Å²) in [4.78, 5) is 0. The lowest BCUT2D eigenvalue weighted by atomic mass is 9.79. The molecule has 1 saturated heterocycles. The quantitative estimate of drug-likeness (QED) is 0.780. The van der Waals surface area contributed by atoms with Gasteiger partial charge in [0.15, 0.2) is 0 Å². The molecular weight excluding hydrogens is 230 g/mol. The monoisotopic (exact) mass is 253 g/mol. The SMILES string of the molecule is C1=CCC(C(=C2CCNCC2)c2ccccc2)CC1. The third-order valence-corrected chi connectivity index (χ3v) is 4.35. The van der Waals surface area contributed by atoms with E-state index in [0.29, 0.717) is 0 Å². The minimum atomic E-state index is 0.737. The summed E-state index contributed by atoms with van der Waals surface area (Å²) in [6, 6.07) is 11.1. The molecule has 1 unspecified atom stereocenters. The van der Waals surface area contributed by atoms with Crippen LogP contribution in [0, 0.1) is 5.92 Å². The molecule has 0 bridgehead atoms. The van der Waals surface area contributed by atoms with Gasteiger partial charge in [-0.15, -0.1) is 0 Å². The van der Waals surface area contributed by atoms with Gasteiger partial charge in [0.1, 0.15) is 0 Å². The van der Waals surface area contributed by atoms with Crippen LogP contribution in [0.1, 0.15) is 37.7 Å². The molecule has 1 aromatic rings. The Labute approximate surface area is 116 Å². The van der Waals surface area contributed by atoms with E-state index < -0.39 is 0 Å². The first-order valence-corrected chi connectivity index (χ1v) is 7.58. The van der Waals surface area contributed by atoms with Crippen molar-refractivity contribution < 1.29 is 0 Å². The summed E-state index contributed by atoms with van der Waals surface area (Å²) < 4.78 is 0. The van der Waals surface area contributed by atoms with Gasteiger partial charge in [-0.3, -0.25) is 0 Å². The molecule has 3 rings (SSSR count). The summed E-state index contributed by atoms with van der Waals surface area (Å²) in [5.41, 5.74) is 4.82. The minimum Gasteiger partial charge on any atom is -0.316 e. The largest absolute Gasteiger partial charge is 0.316 e. The lowest BCUT2D eigenvalue weighted by molar-refractivity contribution is 0.571. The number of rotatable bonds is 2. The Balaban J connectivity index is 1.97. The van der Waals surface area contributed by atoms with Crippen molar-refractivity contribution in [1.29, 1.82) is 0 Å². The van der Waals surface area contributed by atoms with Crippen molar-refractivity contribution in [2.24, 2.45) is 5.92 Å². The summed E-state index contributed by atoms with van der Waals surface area (Å²) >= 11 is 0. The van der Waals surface area contributed by atoms with Crippen LogP contribution >= 0.6 is 0 Å². The highest BCUT2D eigenvalue weighted by Crippen LogP contribution is 2.37. The molecule has 1 heterocycles. The zero-order chi connectivity index (χ0) is 12.9. The molecule has 1 atom stereocenters. The molecule has 19 heavy (non-hydrogen) atoms. The highest BCUT2D eigenvalue weighted by atomic mass is 14.9. The molecule has 100 valence electrons. The third-order valence-electron chi connectivity index (χ3n) is 4.35. The van der Waals surface area contributed by atoms with Crippen molar-refractivity contribution in [1.82, 2.24) is 5.32 Å². The third kappa shape index (κ3) is 2.98. The molecule has 1 aliphatic carbocycles. The van der Waals surface area contributed by atoms with Crippen molar-refractivity contribution in [3.05, 3.63) is 53.6 Å². The average molecular weight is 253 g/mol. The highest BCUT2D eigenvalue weighted by Gasteiger charge is 2.21. The van der Waals surface area contributed by atoms with Gasteiger partial charge in [-0.05, 0) is 62.2 Å². The lowest BCUT2D eigenvalue weighted by Gasteiger charge is -2.28. The second kappa shape index (κ2) is 6.21. The van der Waals surface area contributed by atoms with E-state index in [1.165, 1.54) is 37.7 Å². The predicted octanol–water partition coefficient (Wildman–Crippen LogP) is 4.18. The Morgan fingerprint density at radius 2 is 1.79 bits per heavy atom. The second-order valence-corrected chi connectivity index (χ2v) is 5.61. The number of allylic oxidation sites excluding steroid dienone is 3. The van der Waals surface area contributed by atoms with Crippen LogP contribution in [0.5, 0.6) is 0 Å². The van der Waals surface area contributed by atoms with Crippen LogP contribution in [-0.2, 0) is 0 Å². The fourth-order valence-electron chi connectivity index (χ4n) is 3.40. The molecule has 2 aliphatic rings. The molecule has 1 aromatic carbocycles. The Hall–Kier alpha value is -1.34. The number of hydrogen-bond donors (Lipinski definition) is 1. The van der Waals surface area contributed by atoms with Gasteiger partial charge in [-0.1, -0.05) is 48.1 Å². The fourth-order valence-corrected chi connectivity index (χ4v) is 3.40. The summed E-state index contributed by atoms with van der Waals surface area (Å²) in [6.45, 7) is 2.29. The number of piperidine rings is 1. The molecule has 0 amide bonds. The first kappa shape index (κ1) is 12.7. The van der Waals surface area contributed by atoms with Gasteiger partial charge in [0, 0.05) is 0 Å². The predicted molar refractivity (Wildman–Crippen MR) is 81.9 cm³/mol. The molecular formula is C18H23N. The zero-order valence-electron chi connectivity index (χ0n) is 11.6. The Morgan fingerprint density at radius 3 is 2.47 bits per heavy atom. The van der Waals surface area contributed by atoms with E-state index in [2.05, 4.69) is 47.8 Å². The lowest BCUT2D eigenvalue weighted by Crippen LogP contribution is -2.24. The van der Waals surface area contributed by atoms with Gasteiger partial charge < -0.3 is 5.32 Å². The molecule has 0 aromatic heterocycles. The minimum absolute atomic E-state index is 0.737. The first-order chi connectivity index (χ1) is 9.45. The summed E-state index contributed by atoms with van der Waals surface area (Å²) in [7, 11) is 0. The number of nitrogens with one attached hydrogen (secondary N) is 1. The zero-order valence-corrected chi connectivity index (χ0v) is 11.6. The summed E-state index contributed by atoms with van der Waals surface area (Å²) in [6.07, 6.45) is 10.9. The van der Waals surface area contributed by atoms with Crippen LogP contribution in [0.15, 0.2) is 48.1 Å². The normalized spacial score (nSPS) is 23.4. The Kier molecular flexibility index (Phi) is 4.14. The topological polar surface area (TPSA) is 12.0 Å². The first-order valence-electron chi connectivity index (χ1n) is 7.58. The maximum Gasteiger partial charge on any atom is -0.00112 e. The van der Waals surface area contributed by atoms with Gasteiger partial charge in [0.25, 0.3) is 0 Å². The molecule has 1 N–H and O–H groups in total. The van der Waals surface area contributed by atoms with Crippen molar-refractivity contribution in [2.75, 3.05) is 13.1 Å². The fraction of sp³-hybridized carbons (Fsp3) is 0.444. The standard InChI is InChI=1S/C18H23N/c1-3-7-15(8-4-1)18(16-9-5-2-6-10-16)17-11-13-19-14-12-17/h1-5,7-8,16,19H,6,9-14H2. The number of benzene rings is 1. The molecule has 0 radical (unpaired) electrons. The van der Waals surface area contributed by atoms with Crippen molar-refractivity contribution >= 4 is 5.57 Å². The van der Waals surface area contributed by atoms with E-state index in [1.54, 1.807) is 11.1 Å². The molecule has 1 fully saturated rings. The number of hydrogen-bond acceptors (Lipinski definition) is 1. The maximum absolute atomic E-state index is 3.48. The van der Waals surface area contributed by atoms with Crippen LogP contribution in [-0.4, -0.2) is 13.1 Å². The Bertz CT molecular complexity index is 462. The average Bonchev–Trinajstić information content (AvgIpc) is 2.51. The van der Waals surface area contributed by atoms with Gasteiger partial charge in [0.2, 0.25) is 0 Å². The molecule has 0 saturated carbocycles. The van der Waals surface area contributed by atoms with E-state index in [0.717, 1.165) is 19.0 Å². The van der Waals surface area contributed by atoms with E-state index in [-0.39, 0.29) is 0 Å². The summed E-state index contributed by atoms with van der Waals surface area (Å²) in [5, 5.41) is 3.48. The molecule has 1 aliphatic heterocycles. The van der Waals surface area contributed by atoms with Crippen LogP contribution in [0.25, 0.3) is 5.57 Å². The van der Waals surface area contributed by atoms with Crippen molar-refractivity contribution in [3.63, 3.8) is 0 Å². The van der Waals surface area contributed by atoms with Gasteiger partial charge in [0.05, 0.1) is 0 Å². The van der Waals surface area contributed by atoms with Crippen LogP contribution in [0.2, 0.25) is 0 Å². The summed E-state index contributed by atoms with van der Waals surface area (Å²) in [5.74, 6) is 0.737. The van der Waals surface area contributed by atoms with Gasteiger partial charge in [-0.25, -0.2) is 0 Å². The van der Waals surface area contributed by atoms with Crippen molar-refractivity contribution in [2.45, 2.75) is 32.1 Å². The van der Waals surface area contributed by atoms with Crippen LogP contribution in [0.4, 0.5) is 0 Å². The molecule has 0 spiro atoms. The van der Waals surface area contributed by atoms with E-state index in [1.807, 2.05) is 0 Å². The maximum atomic E-state index is 3.48. The van der Waals surface area contributed by atoms with Crippen LogP contribution in [0.3, 0.4) is 0 Å². The molecule has 1 heteroatoms. The molecule has 1 nitrogen and oxygen atoms in total. The highest BCUT2D eigenvalue weighted by molar-refractivity contribution is 5.71. The van der Waals surface area contributed by atoms with E-state index in [9.17, 15) is 0 Å². The van der Waals surface area contributed by atoms with Crippen LogP contribution < -0.4 is 5.32 Å². The van der Waals surface area contributed by atoms with Gasteiger partial charge >= 0.3 is 0 Å². The van der Waals surface area contributed by atoms with E-state index >= 15 is 0 Å². The smallest absolute Gasteiger partial charge is 0.00112 e. The van der Waals surface area contributed by atoms with Gasteiger partial charge in [-0.2, -0.15) is 0 Å². The Morgan fingerprint density at radius 1 is 1.00 bits per heavy atom.